The third kappa shape index (κ3) is 5.91. The molecule has 2 aliphatic rings. The van der Waals surface area contributed by atoms with Gasteiger partial charge in [0.1, 0.15) is 5.54 Å². The Morgan fingerprint density at radius 3 is 2.14 bits per heavy atom. The number of nitrogens with zero attached hydrogens (tertiary/aromatic N) is 4. The van der Waals surface area contributed by atoms with Crippen molar-refractivity contribution < 1.29 is 27.9 Å². The molecule has 2 fully saturated rings. The zero-order valence-electron chi connectivity index (χ0n) is 20.0. The van der Waals surface area contributed by atoms with E-state index in [2.05, 4.69) is 4.90 Å². The highest BCUT2D eigenvalue weighted by Crippen LogP contribution is 2.41. The molecule has 1 aromatic rings. The summed E-state index contributed by atoms with van der Waals surface area (Å²) in [7, 11) is 0. The number of hydrogen-bond donors (Lipinski definition) is 1. The molecule has 0 unspecified atom stereocenters. The van der Waals surface area contributed by atoms with Crippen LogP contribution in [0.15, 0.2) is 18.2 Å². The number of hydrogen-bond acceptors (Lipinski definition) is 4. The van der Waals surface area contributed by atoms with Crippen LogP contribution in [0.5, 0.6) is 0 Å². The monoisotopic (exact) mass is 538 g/mol. The molecular weight excluding hydrogens is 508 g/mol. The van der Waals surface area contributed by atoms with Gasteiger partial charge >= 0.3 is 12.3 Å². The van der Waals surface area contributed by atoms with Crippen molar-refractivity contribution in [3.05, 3.63) is 28.2 Å². The normalized spacial score (nSPS) is 22.5. The van der Waals surface area contributed by atoms with Crippen molar-refractivity contribution >= 4 is 40.9 Å². The van der Waals surface area contributed by atoms with Crippen LogP contribution in [-0.2, 0) is 4.79 Å². The second kappa shape index (κ2) is 10.2. The van der Waals surface area contributed by atoms with Crippen molar-refractivity contribution in [2.24, 2.45) is 5.41 Å². The first kappa shape index (κ1) is 27.7. The van der Waals surface area contributed by atoms with Gasteiger partial charge in [-0.2, -0.15) is 13.2 Å². The number of alkyl halides is 3. The maximum Gasteiger partial charge on any atom is 0.408 e. The van der Waals surface area contributed by atoms with E-state index in [9.17, 15) is 27.9 Å². The van der Waals surface area contributed by atoms with Crippen molar-refractivity contribution in [2.75, 3.05) is 57.3 Å². The largest absolute Gasteiger partial charge is 0.465 e. The fraction of sp³-hybridized carbons (Fsp3) is 0.652. The van der Waals surface area contributed by atoms with Crippen LogP contribution in [-0.4, -0.2) is 95.9 Å². The average molecular weight is 539 g/mol. The molecule has 35 heavy (non-hydrogen) atoms. The summed E-state index contributed by atoms with van der Waals surface area (Å²) in [5.74, 6) is -0.377. The molecule has 0 radical (unpaired) electrons. The number of carboxylic acid groups (broad SMARTS) is 1. The zero-order valence-corrected chi connectivity index (χ0v) is 21.6. The Morgan fingerprint density at radius 2 is 1.63 bits per heavy atom. The molecule has 196 valence electrons. The molecule has 0 bridgehead atoms. The van der Waals surface area contributed by atoms with Gasteiger partial charge < -0.3 is 14.9 Å². The van der Waals surface area contributed by atoms with E-state index >= 15 is 0 Å². The minimum Gasteiger partial charge on any atom is -0.465 e. The van der Waals surface area contributed by atoms with Crippen LogP contribution in [0.1, 0.15) is 27.2 Å². The predicted octanol–water partition coefficient (Wildman–Crippen LogP) is 4.67. The number of anilines is 1. The minimum atomic E-state index is -4.33. The lowest BCUT2D eigenvalue weighted by Crippen LogP contribution is -2.75. The van der Waals surface area contributed by atoms with Crippen LogP contribution in [0, 0.1) is 5.41 Å². The molecule has 2 saturated heterocycles. The Morgan fingerprint density at radius 1 is 1.00 bits per heavy atom. The van der Waals surface area contributed by atoms with Gasteiger partial charge in [0, 0.05) is 58.0 Å². The molecule has 12 heteroatoms. The number of carbonyl (C=O) groups is 2. The van der Waals surface area contributed by atoms with Gasteiger partial charge in [-0.05, 0) is 23.6 Å². The van der Waals surface area contributed by atoms with E-state index in [4.69, 9.17) is 23.2 Å². The number of rotatable bonds is 4. The van der Waals surface area contributed by atoms with E-state index in [1.807, 2.05) is 6.07 Å². The Hall–Kier alpha value is -1.91. The van der Waals surface area contributed by atoms with Gasteiger partial charge in [-0.15, -0.1) is 0 Å². The molecule has 0 spiro atoms. The van der Waals surface area contributed by atoms with Gasteiger partial charge in [-0.1, -0.05) is 44.0 Å². The summed E-state index contributed by atoms with van der Waals surface area (Å²) in [4.78, 5) is 32.7. The Balaban J connectivity index is 1.84. The van der Waals surface area contributed by atoms with Crippen LogP contribution in [0.3, 0.4) is 0 Å². The first-order valence-corrected chi connectivity index (χ1v) is 12.2. The molecule has 7 nitrogen and oxygen atoms in total. The molecule has 0 saturated carbocycles. The van der Waals surface area contributed by atoms with Crippen LogP contribution in [0.25, 0.3) is 0 Å². The predicted molar refractivity (Wildman–Crippen MR) is 129 cm³/mol. The summed E-state index contributed by atoms with van der Waals surface area (Å²) < 4.78 is 38.7. The molecule has 0 aromatic heterocycles. The molecular formula is C23H31Cl2F3N4O3. The van der Waals surface area contributed by atoms with Gasteiger partial charge in [-0.3, -0.25) is 14.6 Å². The lowest BCUT2D eigenvalue weighted by molar-refractivity contribution is -0.161. The highest BCUT2D eigenvalue weighted by molar-refractivity contribution is 6.42. The van der Waals surface area contributed by atoms with Crippen molar-refractivity contribution in [3.8, 4) is 0 Å². The van der Waals surface area contributed by atoms with Crippen LogP contribution >= 0.6 is 23.2 Å². The first-order chi connectivity index (χ1) is 16.2. The van der Waals surface area contributed by atoms with E-state index in [-0.39, 0.29) is 32.1 Å². The van der Waals surface area contributed by atoms with Crippen molar-refractivity contribution in [3.63, 3.8) is 0 Å². The summed E-state index contributed by atoms with van der Waals surface area (Å²) >= 11 is 12.1. The Bertz CT molecular complexity index is 949. The van der Waals surface area contributed by atoms with Crippen LogP contribution in [0.4, 0.5) is 23.7 Å². The smallest absolute Gasteiger partial charge is 0.408 e. The third-order valence-corrected chi connectivity index (χ3v) is 7.66. The zero-order chi connectivity index (χ0) is 26.2. The van der Waals surface area contributed by atoms with Crippen LogP contribution < -0.4 is 4.90 Å². The second-order valence-corrected chi connectivity index (χ2v) is 10.9. The minimum absolute atomic E-state index is 0.0422. The first-order valence-electron chi connectivity index (χ1n) is 11.4. The standard InChI is InChI=1S/C23H31Cl2F3N4O3/c1-21(2,3)22(15-29(7-6-23(26,27)28)8-13-32(22)20(34)35)19(33)31-11-9-30(10-12-31)16-4-5-17(24)18(25)14-16/h4-5,14H,6-13,15H2,1-3H3,(H,34,35)/t22-/m1/s1. The van der Waals surface area contributed by atoms with E-state index in [0.29, 0.717) is 36.2 Å². The number of carbonyl (C=O) groups excluding carboxylic acids is 1. The fourth-order valence-electron chi connectivity index (χ4n) is 4.91. The van der Waals surface area contributed by atoms with Crippen molar-refractivity contribution in [1.29, 1.82) is 0 Å². The van der Waals surface area contributed by atoms with Gasteiger partial charge in [-0.25, -0.2) is 4.79 Å². The molecule has 2 heterocycles. The number of benzene rings is 1. The molecule has 1 aromatic carbocycles. The average Bonchev–Trinajstić information content (AvgIpc) is 2.77. The molecule has 2 amide bonds. The van der Waals surface area contributed by atoms with Gasteiger partial charge in [0.25, 0.3) is 5.91 Å². The number of piperazine rings is 2. The van der Waals surface area contributed by atoms with E-state index in [0.717, 1.165) is 10.6 Å². The topological polar surface area (TPSA) is 67.3 Å². The van der Waals surface area contributed by atoms with E-state index in [1.54, 1.807) is 42.7 Å². The van der Waals surface area contributed by atoms with Gasteiger partial charge in [0.05, 0.1) is 16.5 Å². The van der Waals surface area contributed by atoms with Crippen molar-refractivity contribution in [2.45, 2.75) is 38.9 Å². The molecule has 0 aliphatic carbocycles. The van der Waals surface area contributed by atoms with E-state index < -0.39 is 29.6 Å². The fourth-order valence-corrected chi connectivity index (χ4v) is 5.20. The Labute approximate surface area is 213 Å². The highest BCUT2D eigenvalue weighted by atomic mass is 35.5. The lowest BCUT2D eigenvalue weighted by Gasteiger charge is -2.56. The summed E-state index contributed by atoms with van der Waals surface area (Å²) in [5, 5.41) is 10.9. The van der Waals surface area contributed by atoms with Gasteiger partial charge in [0.15, 0.2) is 0 Å². The maximum absolute atomic E-state index is 14.0. The third-order valence-electron chi connectivity index (χ3n) is 6.93. The quantitative estimate of drug-likeness (QED) is 0.603. The summed E-state index contributed by atoms with van der Waals surface area (Å²) in [6, 6.07) is 5.30. The number of halogens is 5. The maximum atomic E-state index is 14.0. The molecule has 3 rings (SSSR count). The summed E-state index contributed by atoms with van der Waals surface area (Å²) in [6.45, 7) is 6.68. The number of amides is 2. The summed E-state index contributed by atoms with van der Waals surface area (Å²) in [6.07, 6.45) is -6.60. The molecule has 1 N–H and O–H groups in total. The SMILES string of the molecule is CC(C)(C)[C@]1(C(=O)N2CCN(c3ccc(Cl)c(Cl)c3)CC2)CN(CCC(F)(F)F)CCN1C(=O)O. The molecule has 2 aliphatic heterocycles. The lowest BCUT2D eigenvalue weighted by atomic mass is 9.69. The van der Waals surface area contributed by atoms with Crippen molar-refractivity contribution in [1.82, 2.24) is 14.7 Å². The molecule has 1 atom stereocenters. The highest BCUT2D eigenvalue weighted by Gasteiger charge is 2.59. The Kier molecular flexibility index (Phi) is 8.08. The second-order valence-electron chi connectivity index (χ2n) is 10.1. The van der Waals surface area contributed by atoms with Gasteiger partial charge in [0.2, 0.25) is 0 Å². The summed E-state index contributed by atoms with van der Waals surface area (Å²) in [5.41, 5.74) is -1.52. The van der Waals surface area contributed by atoms with E-state index in [1.165, 1.54) is 0 Å². The van der Waals surface area contributed by atoms with Crippen LogP contribution in [0.2, 0.25) is 10.0 Å².